The summed E-state index contributed by atoms with van der Waals surface area (Å²) in [5.41, 5.74) is 7.59. The van der Waals surface area contributed by atoms with Gasteiger partial charge in [0.05, 0.1) is 12.2 Å². The van der Waals surface area contributed by atoms with Crippen LogP contribution in [0.15, 0.2) is 11.3 Å². The Hall–Kier alpha value is -1.03. The van der Waals surface area contributed by atoms with Gasteiger partial charge in [0.2, 0.25) is 0 Å². The molecule has 1 atom stereocenters. The van der Waals surface area contributed by atoms with Gasteiger partial charge in [-0.1, -0.05) is 0 Å². The van der Waals surface area contributed by atoms with Gasteiger partial charge in [-0.25, -0.2) is 10.2 Å². The number of hydrogen-bond acceptors (Lipinski definition) is 4. The molecule has 0 bridgehead atoms. The van der Waals surface area contributed by atoms with Crippen LogP contribution in [-0.4, -0.2) is 18.6 Å². The Labute approximate surface area is 78.3 Å². The normalized spacial score (nSPS) is 22.5. The molecule has 0 aromatic heterocycles. The fourth-order valence-corrected chi connectivity index (χ4v) is 1.27. The maximum atomic E-state index is 11.4. The largest absolute Gasteiger partial charge is 0.463 e. The zero-order valence-electron chi connectivity index (χ0n) is 8.31. The van der Waals surface area contributed by atoms with E-state index in [9.17, 15) is 4.79 Å². The standard InChI is InChI=1S/C9H16N2O2/c1-4-13-9(12)8-5-6(2)10-11-7(8)3/h6,10-11H,4-5H2,1-3H3/t6-/m1/s1. The Morgan fingerprint density at radius 3 is 3.00 bits per heavy atom. The zero-order valence-corrected chi connectivity index (χ0v) is 8.31. The van der Waals surface area contributed by atoms with Crippen molar-refractivity contribution in [2.45, 2.75) is 33.2 Å². The first-order chi connectivity index (χ1) is 6.15. The third kappa shape index (κ3) is 2.45. The summed E-state index contributed by atoms with van der Waals surface area (Å²) in [4.78, 5) is 11.4. The van der Waals surface area contributed by atoms with E-state index in [-0.39, 0.29) is 12.0 Å². The van der Waals surface area contributed by atoms with E-state index in [2.05, 4.69) is 10.9 Å². The van der Waals surface area contributed by atoms with Crippen LogP contribution >= 0.6 is 0 Å². The molecule has 4 heteroatoms. The molecule has 0 unspecified atom stereocenters. The first-order valence-electron chi connectivity index (χ1n) is 4.53. The number of hydrogen-bond donors (Lipinski definition) is 2. The van der Waals surface area contributed by atoms with E-state index in [1.807, 2.05) is 20.8 Å². The minimum atomic E-state index is -0.208. The molecule has 1 rings (SSSR count). The Balaban J connectivity index is 2.70. The fourth-order valence-electron chi connectivity index (χ4n) is 1.27. The van der Waals surface area contributed by atoms with Crippen LogP contribution in [0.2, 0.25) is 0 Å². The molecule has 0 spiro atoms. The molecule has 1 aliphatic heterocycles. The van der Waals surface area contributed by atoms with Crippen LogP contribution in [0.5, 0.6) is 0 Å². The summed E-state index contributed by atoms with van der Waals surface area (Å²) < 4.78 is 4.94. The topological polar surface area (TPSA) is 50.4 Å². The van der Waals surface area contributed by atoms with Crippen LogP contribution < -0.4 is 10.9 Å². The van der Waals surface area contributed by atoms with Crippen LogP contribution in [0, 0.1) is 0 Å². The number of carbonyl (C=O) groups is 1. The van der Waals surface area contributed by atoms with Crippen molar-refractivity contribution in [3.63, 3.8) is 0 Å². The molecule has 13 heavy (non-hydrogen) atoms. The van der Waals surface area contributed by atoms with Gasteiger partial charge in [0.1, 0.15) is 0 Å². The molecule has 0 radical (unpaired) electrons. The van der Waals surface area contributed by atoms with Gasteiger partial charge in [-0.15, -0.1) is 0 Å². The zero-order chi connectivity index (χ0) is 9.84. The molecule has 1 aliphatic rings. The predicted octanol–water partition coefficient (Wildman–Crippen LogP) is 0.710. The van der Waals surface area contributed by atoms with E-state index < -0.39 is 0 Å². The second-order valence-electron chi connectivity index (χ2n) is 3.20. The molecule has 0 fully saturated rings. The second-order valence-corrected chi connectivity index (χ2v) is 3.20. The fraction of sp³-hybridized carbons (Fsp3) is 0.667. The summed E-state index contributed by atoms with van der Waals surface area (Å²) in [7, 11) is 0. The third-order valence-corrected chi connectivity index (χ3v) is 1.99. The Kier molecular flexibility index (Phi) is 3.31. The number of esters is 1. The Morgan fingerprint density at radius 2 is 2.38 bits per heavy atom. The van der Waals surface area contributed by atoms with Crippen molar-refractivity contribution in [2.75, 3.05) is 6.61 Å². The highest BCUT2D eigenvalue weighted by Gasteiger charge is 2.20. The van der Waals surface area contributed by atoms with Gasteiger partial charge in [0, 0.05) is 11.7 Å². The lowest BCUT2D eigenvalue weighted by Crippen LogP contribution is -2.43. The molecule has 74 valence electrons. The molecule has 1 heterocycles. The minimum absolute atomic E-state index is 0.208. The van der Waals surface area contributed by atoms with Crippen molar-refractivity contribution < 1.29 is 9.53 Å². The van der Waals surface area contributed by atoms with Crippen molar-refractivity contribution in [2.24, 2.45) is 0 Å². The quantitative estimate of drug-likeness (QED) is 0.621. The van der Waals surface area contributed by atoms with Crippen molar-refractivity contribution >= 4 is 5.97 Å². The lowest BCUT2D eigenvalue weighted by atomic mass is 10.0. The highest BCUT2D eigenvalue weighted by Crippen LogP contribution is 2.14. The van der Waals surface area contributed by atoms with Gasteiger partial charge in [0.15, 0.2) is 0 Å². The predicted molar refractivity (Wildman–Crippen MR) is 49.7 cm³/mol. The van der Waals surface area contributed by atoms with Crippen LogP contribution in [0.1, 0.15) is 27.2 Å². The molecular weight excluding hydrogens is 168 g/mol. The van der Waals surface area contributed by atoms with E-state index in [0.29, 0.717) is 6.61 Å². The smallest absolute Gasteiger partial charge is 0.335 e. The summed E-state index contributed by atoms with van der Waals surface area (Å²) in [6, 6.07) is 0.267. The average molecular weight is 184 g/mol. The summed E-state index contributed by atoms with van der Waals surface area (Å²) in [6.45, 7) is 6.12. The van der Waals surface area contributed by atoms with E-state index >= 15 is 0 Å². The SMILES string of the molecule is CCOC(=O)C1=C(C)NN[C@H](C)C1. The number of rotatable bonds is 2. The number of hydrazine groups is 1. The summed E-state index contributed by atoms with van der Waals surface area (Å²) in [6.07, 6.45) is 0.720. The van der Waals surface area contributed by atoms with Gasteiger partial charge in [-0.2, -0.15) is 0 Å². The van der Waals surface area contributed by atoms with Crippen LogP contribution in [0.3, 0.4) is 0 Å². The average Bonchev–Trinajstić information content (AvgIpc) is 2.09. The lowest BCUT2D eigenvalue weighted by molar-refractivity contribution is -0.139. The summed E-state index contributed by atoms with van der Waals surface area (Å²) in [5, 5.41) is 0. The molecule has 0 saturated carbocycles. The van der Waals surface area contributed by atoms with E-state index in [0.717, 1.165) is 17.7 Å². The molecular formula is C9H16N2O2. The summed E-state index contributed by atoms with van der Waals surface area (Å²) >= 11 is 0. The lowest BCUT2D eigenvalue weighted by Gasteiger charge is -2.24. The van der Waals surface area contributed by atoms with Gasteiger partial charge < -0.3 is 10.2 Å². The highest BCUT2D eigenvalue weighted by atomic mass is 16.5. The maximum Gasteiger partial charge on any atom is 0.335 e. The molecule has 0 amide bonds. The second kappa shape index (κ2) is 4.28. The molecule has 0 aromatic rings. The van der Waals surface area contributed by atoms with E-state index in [1.54, 1.807) is 0 Å². The van der Waals surface area contributed by atoms with E-state index in [1.165, 1.54) is 0 Å². The van der Waals surface area contributed by atoms with Crippen LogP contribution in [-0.2, 0) is 9.53 Å². The van der Waals surface area contributed by atoms with Gasteiger partial charge in [-0.3, -0.25) is 0 Å². The van der Waals surface area contributed by atoms with Crippen LogP contribution in [0.4, 0.5) is 0 Å². The number of ether oxygens (including phenoxy) is 1. The molecule has 2 N–H and O–H groups in total. The minimum Gasteiger partial charge on any atom is -0.463 e. The van der Waals surface area contributed by atoms with E-state index in [4.69, 9.17) is 4.74 Å². The van der Waals surface area contributed by atoms with Gasteiger partial charge >= 0.3 is 5.97 Å². The maximum absolute atomic E-state index is 11.4. The highest BCUT2D eigenvalue weighted by molar-refractivity contribution is 5.89. The van der Waals surface area contributed by atoms with Crippen molar-refractivity contribution in [3.05, 3.63) is 11.3 Å². The Bertz CT molecular complexity index is 236. The molecule has 0 saturated heterocycles. The van der Waals surface area contributed by atoms with Crippen LogP contribution in [0.25, 0.3) is 0 Å². The molecule has 0 aromatic carbocycles. The molecule has 4 nitrogen and oxygen atoms in total. The first kappa shape index (κ1) is 10.1. The number of nitrogens with one attached hydrogen (secondary N) is 2. The number of allylic oxidation sites excluding steroid dienone is 1. The van der Waals surface area contributed by atoms with Gasteiger partial charge in [0.25, 0.3) is 0 Å². The number of carbonyl (C=O) groups excluding carboxylic acids is 1. The first-order valence-corrected chi connectivity index (χ1v) is 4.53. The van der Waals surface area contributed by atoms with Crippen molar-refractivity contribution in [3.8, 4) is 0 Å². The Morgan fingerprint density at radius 1 is 1.69 bits per heavy atom. The van der Waals surface area contributed by atoms with Crippen molar-refractivity contribution in [1.82, 2.24) is 10.9 Å². The van der Waals surface area contributed by atoms with Gasteiger partial charge in [-0.05, 0) is 27.2 Å². The van der Waals surface area contributed by atoms with Crippen molar-refractivity contribution in [1.29, 1.82) is 0 Å². The monoisotopic (exact) mass is 184 g/mol. The third-order valence-electron chi connectivity index (χ3n) is 1.99. The summed E-state index contributed by atoms with van der Waals surface area (Å²) in [5.74, 6) is -0.208. The molecule has 0 aliphatic carbocycles.